The minimum atomic E-state index is -3.84. The number of hydrogen-bond acceptors (Lipinski definition) is 6. The number of rotatable bonds is 6. The number of aliphatic hydroxyl groups is 1. The van der Waals surface area contributed by atoms with Crippen LogP contribution in [0.3, 0.4) is 0 Å². The summed E-state index contributed by atoms with van der Waals surface area (Å²) >= 11 is 0. The number of aromatic nitrogens is 1. The van der Waals surface area contributed by atoms with Gasteiger partial charge in [-0.15, -0.1) is 0 Å². The normalized spacial score (nSPS) is 23.1. The Labute approximate surface area is 202 Å². The first-order chi connectivity index (χ1) is 16.3. The number of benzene rings is 1. The molecule has 34 heavy (non-hydrogen) atoms. The number of likely N-dealkylation sites (N-methyl/N-ethyl adjacent to an activating group) is 1. The van der Waals surface area contributed by atoms with E-state index in [2.05, 4.69) is 21.7 Å². The summed E-state index contributed by atoms with van der Waals surface area (Å²) < 4.78 is 35.0. The highest BCUT2D eigenvalue weighted by atomic mass is 32.2. The zero-order chi connectivity index (χ0) is 24.3. The zero-order valence-electron chi connectivity index (χ0n) is 20.0. The molecule has 0 amide bonds. The van der Waals surface area contributed by atoms with E-state index in [0.717, 1.165) is 24.0 Å². The highest BCUT2D eigenvalue weighted by Gasteiger charge is 2.38. The third-order valence-corrected chi connectivity index (χ3v) is 8.35. The van der Waals surface area contributed by atoms with Gasteiger partial charge in [-0.3, -0.25) is 9.88 Å². The second-order valence-corrected chi connectivity index (χ2v) is 11.4. The molecule has 1 N–H and O–H groups in total. The van der Waals surface area contributed by atoms with Gasteiger partial charge in [0, 0.05) is 55.5 Å². The summed E-state index contributed by atoms with van der Waals surface area (Å²) in [5.41, 5.74) is 1.85. The molecule has 1 aromatic heterocycles. The Bertz CT molecular complexity index is 1160. The Morgan fingerprint density at radius 2 is 2.12 bits per heavy atom. The summed E-state index contributed by atoms with van der Waals surface area (Å²) in [4.78, 5) is 6.47. The van der Waals surface area contributed by atoms with Gasteiger partial charge < -0.3 is 9.84 Å². The molecule has 8 heteroatoms. The van der Waals surface area contributed by atoms with Crippen LogP contribution in [0.5, 0.6) is 5.75 Å². The van der Waals surface area contributed by atoms with Crippen LogP contribution in [0, 0.1) is 23.7 Å². The van der Waals surface area contributed by atoms with Gasteiger partial charge >= 0.3 is 0 Å². The molecule has 2 heterocycles. The largest absolute Gasteiger partial charge is 0.487 e. The molecule has 0 bridgehead atoms. The molecule has 1 fully saturated rings. The summed E-state index contributed by atoms with van der Waals surface area (Å²) in [6, 6.07) is 8.48. The van der Waals surface area contributed by atoms with Crippen molar-refractivity contribution in [1.82, 2.24) is 14.2 Å². The summed E-state index contributed by atoms with van der Waals surface area (Å²) in [5, 5.41) is 9.79. The van der Waals surface area contributed by atoms with Crippen molar-refractivity contribution in [3.8, 4) is 17.6 Å². The molecule has 1 aliphatic heterocycles. The predicted octanol–water partition coefficient (Wildman–Crippen LogP) is 2.74. The standard InChI is InChI=1S/C26H33N3O4S/c1-19-15-29(20(2)18-30)34(31,32)26-11-10-22(9-8-21-6-7-21)13-24(26)33-25(19)17-28(3)16-23-5-4-12-27-14-23/h4-5,10-14,19-21,25,30H,6-7,15-18H2,1-3H3/t19-,20+,25-/m1/s1. The third kappa shape index (κ3) is 5.78. The number of nitrogens with zero attached hydrogens (tertiary/aromatic N) is 3. The molecule has 0 saturated heterocycles. The first-order valence-corrected chi connectivity index (χ1v) is 13.2. The third-order valence-electron chi connectivity index (χ3n) is 6.33. The Hall–Kier alpha value is -2.44. The molecule has 2 aromatic rings. The Kier molecular flexibility index (Phi) is 7.58. The first kappa shape index (κ1) is 24.7. The van der Waals surface area contributed by atoms with Crippen molar-refractivity contribution in [3.05, 3.63) is 53.9 Å². The fourth-order valence-corrected chi connectivity index (χ4v) is 5.94. The van der Waals surface area contributed by atoms with E-state index in [1.165, 1.54) is 4.31 Å². The molecular formula is C26H33N3O4S. The summed E-state index contributed by atoms with van der Waals surface area (Å²) in [7, 11) is -1.83. The van der Waals surface area contributed by atoms with E-state index in [-0.39, 0.29) is 30.1 Å². The van der Waals surface area contributed by atoms with Crippen molar-refractivity contribution in [2.24, 2.45) is 11.8 Å². The van der Waals surface area contributed by atoms with E-state index in [1.807, 2.05) is 32.3 Å². The molecule has 3 atom stereocenters. The van der Waals surface area contributed by atoms with Gasteiger partial charge in [0.15, 0.2) is 0 Å². The monoisotopic (exact) mass is 483 g/mol. The molecule has 1 aromatic carbocycles. The van der Waals surface area contributed by atoms with Crippen LogP contribution in [0.2, 0.25) is 0 Å². The average Bonchev–Trinajstić information content (AvgIpc) is 3.64. The van der Waals surface area contributed by atoms with E-state index < -0.39 is 16.1 Å². The lowest BCUT2D eigenvalue weighted by Gasteiger charge is -2.37. The summed E-state index contributed by atoms with van der Waals surface area (Å²) in [5.74, 6) is 7.07. The topological polar surface area (TPSA) is 83.0 Å². The molecular weight excluding hydrogens is 450 g/mol. The van der Waals surface area contributed by atoms with Gasteiger partial charge in [-0.05, 0) is 56.6 Å². The maximum absolute atomic E-state index is 13.6. The number of sulfonamides is 1. The molecule has 1 saturated carbocycles. The maximum atomic E-state index is 13.6. The molecule has 0 radical (unpaired) electrons. The van der Waals surface area contributed by atoms with Crippen LogP contribution in [0.15, 0.2) is 47.6 Å². The minimum Gasteiger partial charge on any atom is -0.487 e. The van der Waals surface area contributed by atoms with Crippen molar-refractivity contribution in [2.45, 2.75) is 50.3 Å². The van der Waals surface area contributed by atoms with Crippen LogP contribution in [-0.4, -0.2) is 66.6 Å². The van der Waals surface area contributed by atoms with Crippen LogP contribution < -0.4 is 4.74 Å². The van der Waals surface area contributed by atoms with Gasteiger partial charge in [-0.25, -0.2) is 8.42 Å². The van der Waals surface area contributed by atoms with Crippen LogP contribution in [0.25, 0.3) is 0 Å². The van der Waals surface area contributed by atoms with E-state index >= 15 is 0 Å². The fraction of sp³-hybridized carbons (Fsp3) is 0.500. The molecule has 0 spiro atoms. The molecule has 182 valence electrons. The number of pyridine rings is 1. The van der Waals surface area contributed by atoms with E-state index in [4.69, 9.17) is 4.74 Å². The smallest absolute Gasteiger partial charge is 0.247 e. The van der Waals surface area contributed by atoms with Gasteiger partial charge in [0.2, 0.25) is 10.0 Å². The summed E-state index contributed by atoms with van der Waals surface area (Å²) in [6.45, 7) is 5.04. The highest BCUT2D eigenvalue weighted by Crippen LogP contribution is 2.34. The van der Waals surface area contributed by atoms with Gasteiger partial charge in [-0.1, -0.05) is 24.8 Å². The van der Waals surface area contributed by atoms with Crippen molar-refractivity contribution in [2.75, 3.05) is 26.7 Å². The predicted molar refractivity (Wildman–Crippen MR) is 131 cm³/mol. The average molecular weight is 484 g/mol. The van der Waals surface area contributed by atoms with Crippen molar-refractivity contribution < 1.29 is 18.3 Å². The molecule has 2 aliphatic rings. The van der Waals surface area contributed by atoms with Crippen LogP contribution >= 0.6 is 0 Å². The number of fused-ring (bicyclic) bond motifs is 1. The zero-order valence-corrected chi connectivity index (χ0v) is 20.8. The minimum absolute atomic E-state index is 0.102. The van der Waals surface area contributed by atoms with E-state index in [1.54, 1.807) is 31.3 Å². The number of hydrogen-bond donors (Lipinski definition) is 1. The van der Waals surface area contributed by atoms with Crippen molar-refractivity contribution >= 4 is 10.0 Å². The lowest BCUT2D eigenvalue weighted by Crippen LogP contribution is -2.49. The SMILES string of the molecule is C[C@@H]1CN([C@@H](C)CO)S(=O)(=O)c2ccc(C#CC3CC3)cc2O[C@@H]1CN(C)Cc1cccnc1. The second kappa shape index (κ2) is 10.4. The van der Waals surface area contributed by atoms with Crippen LogP contribution in [0.4, 0.5) is 0 Å². The van der Waals surface area contributed by atoms with Gasteiger partial charge in [0.05, 0.1) is 6.61 Å². The van der Waals surface area contributed by atoms with Crippen LogP contribution in [0.1, 0.15) is 37.8 Å². The Balaban J connectivity index is 1.66. The Morgan fingerprint density at radius 1 is 1.32 bits per heavy atom. The Morgan fingerprint density at radius 3 is 2.79 bits per heavy atom. The quantitative estimate of drug-likeness (QED) is 0.637. The number of ether oxygens (including phenoxy) is 1. The summed E-state index contributed by atoms with van der Waals surface area (Å²) in [6.07, 6.45) is 5.59. The van der Waals surface area contributed by atoms with E-state index in [0.29, 0.717) is 24.8 Å². The molecule has 4 rings (SSSR count). The van der Waals surface area contributed by atoms with Gasteiger partial charge in [0.25, 0.3) is 0 Å². The highest BCUT2D eigenvalue weighted by molar-refractivity contribution is 7.89. The lowest BCUT2D eigenvalue weighted by molar-refractivity contribution is 0.0733. The molecule has 0 unspecified atom stereocenters. The van der Waals surface area contributed by atoms with Crippen molar-refractivity contribution in [3.63, 3.8) is 0 Å². The van der Waals surface area contributed by atoms with Gasteiger partial charge in [-0.2, -0.15) is 4.31 Å². The van der Waals surface area contributed by atoms with E-state index in [9.17, 15) is 13.5 Å². The van der Waals surface area contributed by atoms with Crippen LogP contribution in [-0.2, 0) is 16.6 Å². The molecule has 1 aliphatic carbocycles. The maximum Gasteiger partial charge on any atom is 0.247 e. The first-order valence-electron chi connectivity index (χ1n) is 11.8. The van der Waals surface area contributed by atoms with Crippen molar-refractivity contribution in [1.29, 1.82) is 0 Å². The second-order valence-electron chi connectivity index (χ2n) is 9.50. The fourth-order valence-electron chi connectivity index (χ4n) is 4.11. The van der Waals surface area contributed by atoms with Gasteiger partial charge in [0.1, 0.15) is 16.7 Å². The molecule has 7 nitrogen and oxygen atoms in total. The lowest BCUT2D eigenvalue weighted by atomic mass is 10.0. The number of aliphatic hydroxyl groups excluding tert-OH is 1.